The number of carbonyl (C=O) groups excluding carboxylic acids is 1. The molecule has 0 bridgehead atoms. The molecule has 8 nitrogen and oxygen atoms in total. The van der Waals surface area contributed by atoms with Crippen LogP contribution in [-0.2, 0) is 11.2 Å². The number of hydrogen-bond acceptors (Lipinski definition) is 7. The van der Waals surface area contributed by atoms with Gasteiger partial charge >= 0.3 is 0 Å². The normalized spacial score (nSPS) is 10.6. The summed E-state index contributed by atoms with van der Waals surface area (Å²) in [5.41, 5.74) is 2.32. The Bertz CT molecular complexity index is 1240. The second-order valence-electron chi connectivity index (χ2n) is 6.72. The fourth-order valence-corrected chi connectivity index (χ4v) is 3.22. The van der Waals surface area contributed by atoms with Gasteiger partial charge in [0.1, 0.15) is 17.8 Å². The minimum atomic E-state index is -0.458. The Labute approximate surface area is 183 Å². The van der Waals surface area contributed by atoms with Gasteiger partial charge in [-0.25, -0.2) is 14.4 Å². The third-order valence-electron chi connectivity index (χ3n) is 4.75. The molecule has 2 aromatic carbocycles. The number of halogens is 1. The molecule has 9 heteroatoms. The third-order valence-corrected chi connectivity index (χ3v) is 4.75. The molecule has 0 fully saturated rings. The van der Waals surface area contributed by atoms with E-state index in [0.29, 0.717) is 34.0 Å². The molecule has 0 atom stereocenters. The van der Waals surface area contributed by atoms with Crippen LogP contribution in [0.1, 0.15) is 5.56 Å². The number of amides is 1. The topological polar surface area (TPSA) is 99.4 Å². The number of methoxy groups -OCH3 is 2. The Morgan fingerprint density at radius 2 is 1.91 bits per heavy atom. The molecule has 2 aromatic heterocycles. The highest BCUT2D eigenvalue weighted by atomic mass is 19.1. The number of aromatic nitrogens is 3. The lowest BCUT2D eigenvalue weighted by molar-refractivity contribution is -0.115. The predicted octanol–water partition coefficient (Wildman–Crippen LogP) is 4.14. The van der Waals surface area contributed by atoms with E-state index < -0.39 is 11.7 Å². The molecule has 2 heterocycles. The van der Waals surface area contributed by atoms with Gasteiger partial charge in [-0.1, -0.05) is 23.4 Å². The van der Waals surface area contributed by atoms with Crippen LogP contribution in [0.4, 0.5) is 10.3 Å². The maximum atomic E-state index is 13.9. The highest BCUT2D eigenvalue weighted by Gasteiger charge is 2.23. The number of ether oxygens (including phenoxy) is 2. The molecule has 4 aromatic rings. The van der Waals surface area contributed by atoms with Gasteiger partial charge in [-0.2, -0.15) is 0 Å². The Hall–Kier alpha value is -4.27. The first kappa shape index (κ1) is 21.0. The number of benzene rings is 2. The quantitative estimate of drug-likeness (QED) is 0.467. The third kappa shape index (κ3) is 4.27. The Morgan fingerprint density at radius 1 is 1.09 bits per heavy atom. The van der Waals surface area contributed by atoms with Crippen LogP contribution in [0.3, 0.4) is 0 Å². The minimum Gasteiger partial charge on any atom is -0.493 e. The van der Waals surface area contributed by atoms with Crippen LogP contribution in [0.15, 0.2) is 65.6 Å². The van der Waals surface area contributed by atoms with Crippen molar-refractivity contribution in [1.82, 2.24) is 15.1 Å². The van der Waals surface area contributed by atoms with Crippen molar-refractivity contribution in [3.8, 4) is 34.0 Å². The first-order valence-electron chi connectivity index (χ1n) is 9.62. The van der Waals surface area contributed by atoms with Gasteiger partial charge in [0.25, 0.3) is 0 Å². The summed E-state index contributed by atoms with van der Waals surface area (Å²) in [4.78, 5) is 20.8. The van der Waals surface area contributed by atoms with Gasteiger partial charge < -0.3 is 14.0 Å². The lowest BCUT2D eigenvalue weighted by Gasteiger charge is -2.09. The van der Waals surface area contributed by atoms with Gasteiger partial charge in [0, 0.05) is 11.8 Å². The predicted molar refractivity (Wildman–Crippen MR) is 115 cm³/mol. The van der Waals surface area contributed by atoms with Crippen molar-refractivity contribution in [1.29, 1.82) is 0 Å². The fourth-order valence-electron chi connectivity index (χ4n) is 3.22. The molecule has 0 spiro atoms. The first-order chi connectivity index (χ1) is 15.6. The van der Waals surface area contributed by atoms with Crippen molar-refractivity contribution in [3.63, 3.8) is 0 Å². The van der Waals surface area contributed by atoms with Crippen molar-refractivity contribution in [2.24, 2.45) is 0 Å². The van der Waals surface area contributed by atoms with Crippen LogP contribution >= 0.6 is 0 Å². The Balaban J connectivity index is 1.72. The van der Waals surface area contributed by atoms with Crippen LogP contribution in [-0.4, -0.2) is 35.3 Å². The highest BCUT2D eigenvalue weighted by molar-refractivity contribution is 5.97. The lowest BCUT2D eigenvalue weighted by atomic mass is 10.0. The lowest BCUT2D eigenvalue weighted by Crippen LogP contribution is -2.15. The number of carbonyl (C=O) groups is 1. The van der Waals surface area contributed by atoms with E-state index in [1.807, 2.05) is 0 Å². The molecule has 32 heavy (non-hydrogen) atoms. The summed E-state index contributed by atoms with van der Waals surface area (Å²) < 4.78 is 30.1. The molecule has 0 aliphatic carbocycles. The average molecular weight is 434 g/mol. The van der Waals surface area contributed by atoms with Crippen LogP contribution in [0.2, 0.25) is 0 Å². The van der Waals surface area contributed by atoms with Crippen molar-refractivity contribution in [2.75, 3.05) is 19.5 Å². The molecule has 0 saturated heterocycles. The van der Waals surface area contributed by atoms with Gasteiger partial charge in [-0.3, -0.25) is 10.1 Å². The summed E-state index contributed by atoms with van der Waals surface area (Å²) in [5.74, 6) is 0.242. The molecular formula is C23H19FN4O4. The number of hydrogen-bond donors (Lipinski definition) is 1. The highest BCUT2D eigenvalue weighted by Crippen LogP contribution is 2.39. The molecule has 162 valence electrons. The number of nitrogens with zero attached hydrogens (tertiary/aromatic N) is 3. The molecule has 0 radical (unpaired) electrons. The zero-order valence-corrected chi connectivity index (χ0v) is 17.3. The van der Waals surface area contributed by atoms with E-state index in [4.69, 9.17) is 14.0 Å². The summed E-state index contributed by atoms with van der Waals surface area (Å²) in [6, 6.07) is 13.0. The van der Waals surface area contributed by atoms with Crippen LogP contribution in [0.5, 0.6) is 11.5 Å². The zero-order valence-electron chi connectivity index (χ0n) is 17.3. The van der Waals surface area contributed by atoms with Gasteiger partial charge in [-0.15, -0.1) is 0 Å². The first-order valence-corrected chi connectivity index (χ1v) is 9.62. The standard InChI is InChI=1S/C23H19FN4O4/c1-30-18-8-7-15(11-19(18)31-2)22-21(17-9-10-25-13-26-17)23(32-28-22)27-20(29)12-14-5-3-4-6-16(14)24/h3-11,13H,12H2,1-2H3,(H,27,29). The molecule has 1 amide bonds. The van der Waals surface area contributed by atoms with Crippen LogP contribution < -0.4 is 14.8 Å². The molecule has 0 aliphatic heterocycles. The van der Waals surface area contributed by atoms with Crippen molar-refractivity contribution in [2.45, 2.75) is 6.42 Å². The number of rotatable bonds is 7. The molecule has 1 N–H and O–H groups in total. The Morgan fingerprint density at radius 3 is 2.62 bits per heavy atom. The SMILES string of the molecule is COc1ccc(-c2noc(NC(=O)Cc3ccccc3F)c2-c2ccncn2)cc1OC. The van der Waals surface area contributed by atoms with Crippen molar-refractivity contribution < 1.29 is 23.2 Å². The van der Waals surface area contributed by atoms with Crippen LogP contribution in [0, 0.1) is 5.82 Å². The smallest absolute Gasteiger partial charge is 0.241 e. The average Bonchev–Trinajstić information content (AvgIpc) is 3.24. The largest absolute Gasteiger partial charge is 0.493 e. The Kier molecular flexibility index (Phi) is 6.07. The van der Waals surface area contributed by atoms with Gasteiger partial charge in [-0.05, 0) is 35.9 Å². The van der Waals surface area contributed by atoms with Crippen LogP contribution in [0.25, 0.3) is 22.5 Å². The molecule has 0 unspecified atom stereocenters. The second kappa shape index (κ2) is 9.25. The maximum Gasteiger partial charge on any atom is 0.241 e. The van der Waals surface area contributed by atoms with E-state index in [2.05, 4.69) is 20.4 Å². The van der Waals surface area contributed by atoms with E-state index >= 15 is 0 Å². The van der Waals surface area contributed by atoms with Gasteiger partial charge in [0.15, 0.2) is 11.5 Å². The van der Waals surface area contributed by atoms with E-state index in [0.717, 1.165) is 0 Å². The number of anilines is 1. The summed E-state index contributed by atoms with van der Waals surface area (Å²) in [6.07, 6.45) is 2.78. The summed E-state index contributed by atoms with van der Waals surface area (Å²) in [5, 5.41) is 6.83. The van der Waals surface area contributed by atoms with Gasteiger partial charge in [0.05, 0.1) is 31.9 Å². The zero-order chi connectivity index (χ0) is 22.5. The summed E-state index contributed by atoms with van der Waals surface area (Å²) in [7, 11) is 3.08. The van der Waals surface area contributed by atoms with E-state index in [-0.39, 0.29) is 17.9 Å². The summed E-state index contributed by atoms with van der Waals surface area (Å²) >= 11 is 0. The second-order valence-corrected chi connectivity index (χ2v) is 6.72. The monoisotopic (exact) mass is 434 g/mol. The van der Waals surface area contributed by atoms with E-state index in [9.17, 15) is 9.18 Å². The molecule has 0 saturated carbocycles. The maximum absolute atomic E-state index is 13.9. The molecule has 0 aliphatic rings. The van der Waals surface area contributed by atoms with Crippen molar-refractivity contribution in [3.05, 3.63) is 72.4 Å². The summed E-state index contributed by atoms with van der Waals surface area (Å²) in [6.45, 7) is 0. The van der Waals surface area contributed by atoms with E-state index in [1.54, 1.807) is 55.8 Å². The molecular weight excluding hydrogens is 415 g/mol. The van der Waals surface area contributed by atoms with Crippen molar-refractivity contribution >= 4 is 11.8 Å². The van der Waals surface area contributed by atoms with E-state index in [1.165, 1.54) is 19.5 Å². The number of nitrogens with one attached hydrogen (secondary N) is 1. The fraction of sp³-hybridized carbons (Fsp3) is 0.130. The minimum absolute atomic E-state index is 0.0924. The molecule has 4 rings (SSSR count). The van der Waals surface area contributed by atoms with Gasteiger partial charge in [0.2, 0.25) is 11.8 Å².